The summed E-state index contributed by atoms with van der Waals surface area (Å²) in [6.07, 6.45) is 5.13. The van der Waals surface area contributed by atoms with E-state index in [2.05, 4.69) is 47.4 Å². The molecule has 0 aromatic carbocycles. The maximum absolute atomic E-state index is 11.8. The fraction of sp³-hybridized carbons (Fsp3) is 0.500. The van der Waals surface area contributed by atoms with Crippen LogP contribution in [0.4, 0.5) is 0 Å². The van der Waals surface area contributed by atoms with Crippen LogP contribution < -0.4 is 5.32 Å². The number of halogens is 2. The number of hydrogen-bond donors (Lipinski definition) is 1. The first-order chi connectivity index (χ1) is 10.5. The summed E-state index contributed by atoms with van der Waals surface area (Å²) >= 11 is 6.84. The largest absolute Gasteiger partial charge is 0.356 e. The van der Waals surface area contributed by atoms with Crippen LogP contribution in [0.3, 0.4) is 0 Å². The van der Waals surface area contributed by atoms with E-state index in [1.807, 2.05) is 30.9 Å². The van der Waals surface area contributed by atoms with Gasteiger partial charge in [0.1, 0.15) is 0 Å². The number of rotatable bonds is 7. The molecule has 0 aliphatic rings. The van der Waals surface area contributed by atoms with Crippen LogP contribution in [0.2, 0.25) is 0 Å². The molecule has 2 heterocycles. The summed E-state index contributed by atoms with van der Waals surface area (Å²) in [5.41, 5.74) is 1.91. The van der Waals surface area contributed by atoms with Gasteiger partial charge in [-0.25, -0.2) is 0 Å². The van der Waals surface area contributed by atoms with Gasteiger partial charge < -0.3 is 5.32 Å². The zero-order valence-electron chi connectivity index (χ0n) is 12.6. The fourth-order valence-corrected chi connectivity index (χ4v) is 2.62. The lowest BCUT2D eigenvalue weighted by molar-refractivity contribution is -0.121. The van der Waals surface area contributed by atoms with Crippen molar-refractivity contribution in [1.82, 2.24) is 24.9 Å². The van der Waals surface area contributed by atoms with E-state index in [1.165, 1.54) is 0 Å². The molecule has 0 saturated heterocycles. The van der Waals surface area contributed by atoms with Crippen LogP contribution in [-0.2, 0) is 17.9 Å². The third-order valence-electron chi connectivity index (χ3n) is 3.23. The molecule has 0 bridgehead atoms. The Labute approximate surface area is 146 Å². The number of aromatic nitrogens is 4. The Morgan fingerprint density at radius 1 is 1.09 bits per heavy atom. The minimum Gasteiger partial charge on any atom is -0.356 e. The number of hydrogen-bond acceptors (Lipinski definition) is 3. The first-order valence-electron chi connectivity index (χ1n) is 7.11. The van der Waals surface area contributed by atoms with E-state index in [-0.39, 0.29) is 5.91 Å². The second-order valence-electron chi connectivity index (χ2n) is 5.10. The van der Waals surface area contributed by atoms with Crippen molar-refractivity contribution < 1.29 is 4.79 Å². The predicted molar refractivity (Wildman–Crippen MR) is 91.6 cm³/mol. The molecule has 2 aromatic heterocycles. The van der Waals surface area contributed by atoms with E-state index < -0.39 is 0 Å². The number of nitrogens with zero attached hydrogens (tertiary/aromatic N) is 4. The van der Waals surface area contributed by atoms with E-state index in [0.29, 0.717) is 19.5 Å². The Balaban J connectivity index is 1.63. The number of carbonyl (C=O) groups excluding carboxylic acids is 1. The van der Waals surface area contributed by atoms with Crippen LogP contribution >= 0.6 is 31.9 Å². The van der Waals surface area contributed by atoms with Crippen molar-refractivity contribution in [2.24, 2.45) is 0 Å². The molecule has 0 radical (unpaired) electrons. The molecule has 0 saturated carbocycles. The van der Waals surface area contributed by atoms with Gasteiger partial charge in [0, 0.05) is 38.4 Å². The average Bonchev–Trinajstić information content (AvgIpc) is 2.96. The second-order valence-corrected chi connectivity index (χ2v) is 6.81. The van der Waals surface area contributed by atoms with Crippen molar-refractivity contribution in [3.05, 3.63) is 32.7 Å². The third-order valence-corrected chi connectivity index (χ3v) is 4.78. The van der Waals surface area contributed by atoms with Crippen molar-refractivity contribution in [3.63, 3.8) is 0 Å². The van der Waals surface area contributed by atoms with Crippen molar-refractivity contribution >= 4 is 37.8 Å². The molecule has 22 heavy (non-hydrogen) atoms. The quantitative estimate of drug-likeness (QED) is 0.684. The topological polar surface area (TPSA) is 64.7 Å². The molecule has 2 aromatic rings. The Morgan fingerprint density at radius 3 is 2.14 bits per heavy atom. The van der Waals surface area contributed by atoms with Gasteiger partial charge in [-0.15, -0.1) is 0 Å². The van der Waals surface area contributed by atoms with Crippen molar-refractivity contribution in [1.29, 1.82) is 0 Å². The van der Waals surface area contributed by atoms with E-state index in [4.69, 9.17) is 0 Å². The third kappa shape index (κ3) is 4.95. The molecule has 2 rings (SSSR count). The molecule has 0 aliphatic carbocycles. The van der Waals surface area contributed by atoms with Crippen LogP contribution in [0.1, 0.15) is 24.2 Å². The smallest absolute Gasteiger partial charge is 0.221 e. The van der Waals surface area contributed by atoms with Crippen LogP contribution in [0.5, 0.6) is 0 Å². The zero-order chi connectivity index (χ0) is 16.1. The number of carbonyl (C=O) groups is 1. The van der Waals surface area contributed by atoms with Crippen molar-refractivity contribution in [2.75, 3.05) is 6.54 Å². The molecule has 1 N–H and O–H groups in total. The van der Waals surface area contributed by atoms with Gasteiger partial charge in [-0.3, -0.25) is 14.2 Å². The lowest BCUT2D eigenvalue weighted by Crippen LogP contribution is -2.26. The molecule has 0 fully saturated rings. The Morgan fingerprint density at radius 2 is 1.64 bits per heavy atom. The van der Waals surface area contributed by atoms with Crippen LogP contribution in [0.25, 0.3) is 0 Å². The first-order valence-corrected chi connectivity index (χ1v) is 8.70. The van der Waals surface area contributed by atoms with Gasteiger partial charge in [-0.05, 0) is 52.1 Å². The Hall–Kier alpha value is -1.15. The van der Waals surface area contributed by atoms with Gasteiger partial charge >= 0.3 is 0 Å². The lowest BCUT2D eigenvalue weighted by atomic mass is 10.3. The normalized spacial score (nSPS) is 10.9. The molecule has 0 aliphatic heterocycles. The van der Waals surface area contributed by atoms with Gasteiger partial charge in [-0.2, -0.15) is 10.2 Å². The molecule has 1 amide bonds. The number of amides is 1. The highest BCUT2D eigenvalue weighted by atomic mass is 79.9. The summed E-state index contributed by atoms with van der Waals surface area (Å²) in [4.78, 5) is 11.8. The minimum atomic E-state index is 0.0436. The van der Waals surface area contributed by atoms with E-state index in [0.717, 1.165) is 33.3 Å². The SMILES string of the molecule is Cc1nn(CCCNC(=O)CCn2cc(Br)c(C)n2)cc1Br. The van der Waals surface area contributed by atoms with Gasteiger partial charge in [-0.1, -0.05) is 0 Å². The first kappa shape index (κ1) is 17.2. The van der Waals surface area contributed by atoms with Crippen LogP contribution in [0.15, 0.2) is 21.3 Å². The highest BCUT2D eigenvalue weighted by Crippen LogP contribution is 2.14. The van der Waals surface area contributed by atoms with E-state index in [1.54, 1.807) is 4.68 Å². The molecule has 8 heteroatoms. The highest BCUT2D eigenvalue weighted by Gasteiger charge is 2.05. The molecule has 0 unspecified atom stereocenters. The summed E-state index contributed by atoms with van der Waals surface area (Å²) in [6.45, 7) is 5.91. The number of nitrogens with one attached hydrogen (secondary N) is 1. The minimum absolute atomic E-state index is 0.0436. The molecule has 120 valence electrons. The average molecular weight is 433 g/mol. The Bertz CT molecular complexity index is 611. The van der Waals surface area contributed by atoms with Gasteiger partial charge in [0.05, 0.1) is 20.3 Å². The molecular formula is C14H19Br2N5O. The predicted octanol–water partition coefficient (Wildman–Crippen LogP) is 2.82. The molecular weight excluding hydrogens is 414 g/mol. The van der Waals surface area contributed by atoms with E-state index >= 15 is 0 Å². The van der Waals surface area contributed by atoms with Gasteiger partial charge in [0.2, 0.25) is 5.91 Å². The summed E-state index contributed by atoms with van der Waals surface area (Å²) < 4.78 is 5.64. The van der Waals surface area contributed by atoms with Gasteiger partial charge in [0.15, 0.2) is 0 Å². The van der Waals surface area contributed by atoms with Crippen molar-refractivity contribution in [3.8, 4) is 0 Å². The molecule has 0 atom stereocenters. The monoisotopic (exact) mass is 431 g/mol. The summed E-state index contributed by atoms with van der Waals surface area (Å²) in [5, 5.41) is 11.6. The van der Waals surface area contributed by atoms with E-state index in [9.17, 15) is 4.79 Å². The van der Waals surface area contributed by atoms with Crippen LogP contribution in [0, 0.1) is 13.8 Å². The standard InChI is InChI=1S/C14H19Br2N5O/c1-10-12(15)8-20(18-10)6-3-5-17-14(22)4-7-21-9-13(16)11(2)19-21/h8-9H,3-7H2,1-2H3,(H,17,22). The number of aryl methyl sites for hydroxylation is 4. The van der Waals surface area contributed by atoms with Gasteiger partial charge in [0.25, 0.3) is 0 Å². The lowest BCUT2D eigenvalue weighted by Gasteiger charge is -2.05. The maximum atomic E-state index is 11.8. The maximum Gasteiger partial charge on any atom is 0.221 e. The zero-order valence-corrected chi connectivity index (χ0v) is 15.8. The fourth-order valence-electron chi connectivity index (χ4n) is 1.99. The molecule has 0 spiro atoms. The second kappa shape index (κ2) is 7.92. The summed E-state index contributed by atoms with van der Waals surface area (Å²) in [6, 6.07) is 0. The summed E-state index contributed by atoms with van der Waals surface area (Å²) in [7, 11) is 0. The van der Waals surface area contributed by atoms with Crippen LogP contribution in [-0.4, -0.2) is 32.0 Å². The Kier molecular flexibility index (Phi) is 6.19. The summed E-state index contributed by atoms with van der Waals surface area (Å²) in [5.74, 6) is 0.0436. The highest BCUT2D eigenvalue weighted by molar-refractivity contribution is 9.10. The van der Waals surface area contributed by atoms with Crippen molar-refractivity contribution in [2.45, 2.75) is 39.8 Å². The molecule has 6 nitrogen and oxygen atoms in total.